The van der Waals surface area contributed by atoms with Crippen molar-refractivity contribution in [3.8, 4) is 10.4 Å². The van der Waals surface area contributed by atoms with Crippen molar-refractivity contribution in [2.24, 2.45) is 28.6 Å². The maximum absolute atomic E-state index is 14.6. The van der Waals surface area contributed by atoms with Crippen molar-refractivity contribution in [2.45, 2.75) is 110 Å². The third-order valence-electron chi connectivity index (χ3n) is 17.2. The summed E-state index contributed by atoms with van der Waals surface area (Å²) in [7, 11) is 0. The first-order chi connectivity index (χ1) is 37.7. The second-order valence-electron chi connectivity index (χ2n) is 23.5. The number of nitrogens with zero attached hydrogens (tertiary/aromatic N) is 8. The van der Waals surface area contributed by atoms with E-state index in [4.69, 9.17) is 0 Å². The Hall–Kier alpha value is -7.39. The van der Waals surface area contributed by atoms with Gasteiger partial charge in [-0.25, -0.2) is 18.7 Å². The fraction of sp³-hybridized carbons (Fsp3) is 0.466. The van der Waals surface area contributed by atoms with E-state index in [1.807, 2.05) is 110 Å². The molecule has 3 aliphatic heterocycles. The number of aromatic amines is 1. The van der Waals surface area contributed by atoms with Crippen LogP contribution < -0.4 is 20.9 Å². The maximum Gasteiger partial charge on any atom is 0.276 e. The molecule has 7 atom stereocenters. The summed E-state index contributed by atoms with van der Waals surface area (Å²) in [5, 5.41) is 31.3. The Morgan fingerprint density at radius 2 is 1.63 bits per heavy atom. The Bertz CT molecular complexity index is 3270. The van der Waals surface area contributed by atoms with E-state index in [0.29, 0.717) is 56.0 Å². The first-order valence-corrected chi connectivity index (χ1v) is 28.0. The Morgan fingerprint density at radius 3 is 2.30 bits per heavy atom. The zero-order valence-electron chi connectivity index (χ0n) is 45.1. The number of piperidine rings is 1. The van der Waals surface area contributed by atoms with Gasteiger partial charge in [-0.05, 0) is 67.3 Å². The van der Waals surface area contributed by atoms with Gasteiger partial charge in [0.15, 0.2) is 5.69 Å². The number of halogens is 2. The summed E-state index contributed by atoms with van der Waals surface area (Å²) in [6.45, 7) is 13.1. The Kier molecular flexibility index (Phi) is 14.0. The number of amides is 5. The number of aromatic nitrogens is 6. The van der Waals surface area contributed by atoms with Gasteiger partial charge in [-0.1, -0.05) is 82.3 Å². The number of aryl methyl sites for hydroxylation is 1. The van der Waals surface area contributed by atoms with E-state index in [1.54, 1.807) is 42.9 Å². The van der Waals surface area contributed by atoms with Crippen LogP contribution in [-0.4, -0.2) is 131 Å². The van der Waals surface area contributed by atoms with Crippen molar-refractivity contribution >= 4 is 52.2 Å². The molecule has 4 fully saturated rings. The van der Waals surface area contributed by atoms with Crippen LogP contribution in [0.3, 0.4) is 0 Å². The number of fused-ring (bicyclic) bond motifs is 2. The number of aliphatic hydroxyl groups excluding tert-OH is 1. The number of rotatable bonds is 14. The summed E-state index contributed by atoms with van der Waals surface area (Å²) < 4.78 is 31.0. The van der Waals surface area contributed by atoms with Gasteiger partial charge in [-0.3, -0.25) is 33.8 Å². The highest BCUT2D eigenvalue weighted by molar-refractivity contribution is 7.13. The molecule has 11 rings (SSSR count). The van der Waals surface area contributed by atoms with Crippen molar-refractivity contribution < 1.29 is 37.9 Å². The van der Waals surface area contributed by atoms with E-state index >= 15 is 0 Å². The number of thiazole rings is 1. The number of carbonyl (C=O) groups excluding carboxylic acids is 5. The molecule has 5 amide bonds. The molecule has 5 N–H and O–H groups in total. The third kappa shape index (κ3) is 10.2. The first kappa shape index (κ1) is 53.6. The highest BCUT2D eigenvalue weighted by Gasteiger charge is 2.78. The van der Waals surface area contributed by atoms with Gasteiger partial charge < -0.3 is 35.8 Å². The molecule has 21 heteroatoms. The van der Waals surface area contributed by atoms with Crippen LogP contribution in [0.5, 0.6) is 0 Å². The van der Waals surface area contributed by atoms with Crippen LogP contribution in [0.15, 0.2) is 90.8 Å². The molecule has 0 unspecified atom stereocenters. The number of nitrogens with one attached hydrogen (secondary N) is 4. The molecular weight excluding hydrogens is 1030 g/mol. The molecule has 0 spiro atoms. The average Bonchev–Trinajstić information content (AvgIpc) is 2.37. The summed E-state index contributed by atoms with van der Waals surface area (Å²) in [4.78, 5) is 84.8. The third-order valence-corrected chi connectivity index (χ3v) is 18.2. The minimum absolute atomic E-state index is 0.0432. The fourth-order valence-electron chi connectivity index (χ4n) is 12.3. The van der Waals surface area contributed by atoms with Crippen LogP contribution in [0.4, 0.5) is 20.2 Å². The zero-order valence-corrected chi connectivity index (χ0v) is 45.9. The number of H-pyrrole nitrogens is 1. The Balaban J connectivity index is 0.667. The van der Waals surface area contributed by atoms with Crippen molar-refractivity contribution in [3.63, 3.8) is 0 Å². The van der Waals surface area contributed by atoms with Gasteiger partial charge in [0.2, 0.25) is 17.7 Å². The van der Waals surface area contributed by atoms with Crippen LogP contribution in [0.1, 0.15) is 115 Å². The lowest BCUT2D eigenvalue weighted by Gasteiger charge is -2.45. The highest BCUT2D eigenvalue weighted by atomic mass is 32.1. The Morgan fingerprint density at radius 1 is 0.899 bits per heavy atom. The fourth-order valence-corrected chi connectivity index (χ4v) is 13.1. The summed E-state index contributed by atoms with van der Waals surface area (Å²) >= 11 is 1.57. The minimum Gasteiger partial charge on any atom is -0.391 e. The molecule has 2 aliphatic carbocycles. The van der Waals surface area contributed by atoms with Gasteiger partial charge in [0.25, 0.3) is 17.7 Å². The highest BCUT2D eigenvalue weighted by Crippen LogP contribution is 2.70. The van der Waals surface area contributed by atoms with Crippen LogP contribution in [-0.2, 0) is 27.2 Å². The topological polar surface area (TPSA) is 224 Å². The molecule has 414 valence electrons. The second-order valence-corrected chi connectivity index (χ2v) is 24.3. The van der Waals surface area contributed by atoms with Crippen LogP contribution in [0.25, 0.3) is 10.4 Å². The molecular formula is C58H66F2N12O6S. The van der Waals surface area contributed by atoms with E-state index in [2.05, 4.69) is 46.1 Å². The summed E-state index contributed by atoms with van der Waals surface area (Å²) in [5.74, 6) is -5.51. The predicted octanol–water partition coefficient (Wildman–Crippen LogP) is 7.00. The van der Waals surface area contributed by atoms with Crippen LogP contribution in [0.2, 0.25) is 0 Å². The summed E-state index contributed by atoms with van der Waals surface area (Å²) in [5.41, 5.74) is 6.41. The number of aliphatic hydroxyl groups is 1. The lowest BCUT2D eigenvalue weighted by Crippen LogP contribution is -2.58. The smallest absolute Gasteiger partial charge is 0.276 e. The number of pyridine rings is 1. The number of hydrogen-bond acceptors (Lipinski definition) is 12. The minimum atomic E-state index is -2.77. The molecule has 0 radical (unpaired) electrons. The zero-order chi connectivity index (χ0) is 55.7. The van der Waals surface area contributed by atoms with Gasteiger partial charge in [0, 0.05) is 86.2 Å². The number of likely N-dealkylation sites (tertiary alicyclic amines) is 2. The number of alkyl halides is 2. The lowest BCUT2D eigenvalue weighted by atomic mass is 9.85. The quantitative estimate of drug-likeness (QED) is 0.0747. The maximum atomic E-state index is 14.6. The van der Waals surface area contributed by atoms with Gasteiger partial charge in [-0.15, -0.1) is 11.3 Å². The van der Waals surface area contributed by atoms with Gasteiger partial charge in [0.1, 0.15) is 17.8 Å². The number of β-amino-alcohol motifs (C(OH)–C–C–N with tert-alkyl or cyclic N) is 1. The second kappa shape index (κ2) is 20.7. The number of hydrogen-bond donors (Lipinski definition) is 5. The standard InChI is InChI=1S/C58H66F2N12O6S/c1-32(34-12-14-36(15-13-34)49-33(2)62-31-79-49)64-52(75)45-22-41(73)30-71(45)55(78)50(56(3,4)5)66-51(74)43-17-16-40(26-61-43)69-20-18-37(19-21-69)54(77)70-27-38(28-70)48(35-10-8-7-9-11-35)72-29-39(25-63-72)65-53(76)47-42-23-46-57(6,58(46,59)60)24-44(42)67-68-47/h7-17,25-26,29,31-32,37-38,41,45-46,48,50,73H,18-24,27-28,30H2,1-6H3,(H,64,75)(H,65,76)(H,66,74)(H,67,68)/t32-,41+,45-,46-,48+,50+,57+/m0/s1. The largest absolute Gasteiger partial charge is 0.391 e. The molecule has 3 saturated heterocycles. The lowest BCUT2D eigenvalue weighted by molar-refractivity contribution is -0.143. The summed E-state index contributed by atoms with van der Waals surface area (Å²) in [6, 6.07) is 18.7. The van der Waals surface area contributed by atoms with Crippen molar-refractivity contribution in [1.29, 1.82) is 0 Å². The van der Waals surface area contributed by atoms with Crippen LogP contribution >= 0.6 is 11.3 Å². The monoisotopic (exact) mass is 1100 g/mol. The number of anilines is 2. The average molecular weight is 1100 g/mol. The molecule has 2 aromatic carbocycles. The first-order valence-electron chi connectivity index (χ1n) is 27.1. The molecule has 7 heterocycles. The molecule has 6 aromatic rings. The van der Waals surface area contributed by atoms with Crippen molar-refractivity contribution in [3.05, 3.63) is 130 Å². The van der Waals surface area contributed by atoms with E-state index in [1.165, 1.54) is 4.90 Å². The van der Waals surface area contributed by atoms with Gasteiger partial charge >= 0.3 is 0 Å². The molecule has 1 saturated carbocycles. The normalized spacial score (nSPS) is 22.9. The Labute approximate surface area is 460 Å². The van der Waals surface area contributed by atoms with Crippen molar-refractivity contribution in [2.75, 3.05) is 42.9 Å². The summed E-state index contributed by atoms with van der Waals surface area (Å²) in [6.07, 6.45) is 5.60. The predicted molar refractivity (Wildman–Crippen MR) is 292 cm³/mol. The number of carbonyl (C=O) groups is 5. The van der Waals surface area contributed by atoms with Gasteiger partial charge in [0.05, 0.1) is 58.0 Å². The SMILES string of the molecule is Cc1ncsc1-c1ccc([C@H](C)NC(=O)[C@@H]2C[C@@H](O)CN2C(=O)[C@@H](NC(=O)c2ccc(N3CCC(C(=O)N4CC([C@@H](c5ccccc5)n5cc(NC(=O)c6n[nH]c7c6C[C@@H]6C(F)(F)[C@]6(C)C7)cn5)C4)CC3)cn2)C(C)(C)C)cc1. The molecule has 5 aliphatic rings. The van der Waals surface area contributed by atoms with Crippen LogP contribution in [0, 0.1) is 35.5 Å². The molecule has 0 bridgehead atoms. The molecule has 79 heavy (non-hydrogen) atoms. The molecule has 4 aromatic heterocycles. The van der Waals surface area contributed by atoms with E-state index in [9.17, 15) is 37.9 Å². The van der Waals surface area contributed by atoms with E-state index in [0.717, 1.165) is 32.9 Å². The van der Waals surface area contributed by atoms with E-state index in [-0.39, 0.29) is 67.0 Å². The van der Waals surface area contributed by atoms with Crippen molar-refractivity contribution in [1.82, 2.24) is 50.4 Å². The molecule has 18 nitrogen and oxygen atoms in total. The van der Waals surface area contributed by atoms with Gasteiger partial charge in [-0.2, -0.15) is 10.2 Å². The van der Waals surface area contributed by atoms with E-state index < -0.39 is 64.5 Å². The number of benzene rings is 2.